The van der Waals surface area contributed by atoms with Crippen molar-refractivity contribution in [1.82, 2.24) is 9.88 Å². The topological polar surface area (TPSA) is 73.7 Å². The lowest BCUT2D eigenvalue weighted by Gasteiger charge is -2.33. The van der Waals surface area contributed by atoms with Crippen LogP contribution >= 0.6 is 11.8 Å². The fourth-order valence-corrected chi connectivity index (χ4v) is 6.11. The highest BCUT2D eigenvalue weighted by Crippen LogP contribution is 2.39. The minimum atomic E-state index is -4.43. The summed E-state index contributed by atoms with van der Waals surface area (Å²) in [5.74, 6) is 0.167. The number of nitrogens with zero attached hydrogens (tertiary/aromatic N) is 3. The summed E-state index contributed by atoms with van der Waals surface area (Å²) in [6.07, 6.45) is -1.19. The minimum Gasteiger partial charge on any atom is -0.481 e. The van der Waals surface area contributed by atoms with Crippen LogP contribution in [0.1, 0.15) is 66.4 Å². The third-order valence-electron chi connectivity index (χ3n) is 7.01. The first-order valence-electron chi connectivity index (χ1n) is 12.7. The summed E-state index contributed by atoms with van der Waals surface area (Å²) >= 11 is 1.50. The van der Waals surface area contributed by atoms with Gasteiger partial charge in [0, 0.05) is 38.5 Å². The number of aromatic nitrogens is 1. The van der Waals surface area contributed by atoms with Crippen LogP contribution in [0.2, 0.25) is 0 Å². The largest absolute Gasteiger partial charge is 0.481 e. The minimum absolute atomic E-state index is 0.0576. The van der Waals surface area contributed by atoms with Crippen molar-refractivity contribution in [2.24, 2.45) is 5.92 Å². The standard InChI is InChI=1S/C27H32F3N3O3S/c1-2-14-37-25-21(9-10-23(31-25)32-12-5-6-18(16-32)15-24(34)35)26(36)33-13-11-19(17-33)20-7-3-4-8-22(20)27(28,29)30/h3-4,7-10,18-19H,2,5-6,11-17H2,1H3,(H,34,35)/t18?,19-/m1/s1. The number of hydrogen-bond donors (Lipinski definition) is 1. The van der Waals surface area contributed by atoms with E-state index in [4.69, 9.17) is 4.98 Å². The number of rotatable bonds is 8. The van der Waals surface area contributed by atoms with Crippen LogP contribution in [0.4, 0.5) is 19.0 Å². The molecule has 6 nitrogen and oxygen atoms in total. The van der Waals surface area contributed by atoms with Gasteiger partial charge in [-0.15, -0.1) is 11.8 Å². The highest BCUT2D eigenvalue weighted by atomic mass is 32.2. The molecule has 200 valence electrons. The van der Waals surface area contributed by atoms with E-state index in [1.165, 1.54) is 23.9 Å². The van der Waals surface area contributed by atoms with E-state index in [-0.39, 0.29) is 36.3 Å². The van der Waals surface area contributed by atoms with Crippen LogP contribution in [-0.4, -0.2) is 58.8 Å². The number of thioether (sulfide) groups is 1. The molecule has 3 heterocycles. The molecule has 1 amide bonds. The number of hydrogen-bond acceptors (Lipinski definition) is 5. The van der Waals surface area contributed by atoms with Gasteiger partial charge in [0.1, 0.15) is 10.8 Å². The number of anilines is 1. The molecule has 2 fully saturated rings. The van der Waals surface area contributed by atoms with Gasteiger partial charge in [-0.2, -0.15) is 13.2 Å². The molecule has 1 N–H and O–H groups in total. The molecule has 2 atom stereocenters. The Balaban J connectivity index is 1.53. The molecule has 0 saturated carbocycles. The Morgan fingerprint density at radius 3 is 2.62 bits per heavy atom. The summed E-state index contributed by atoms with van der Waals surface area (Å²) in [5, 5.41) is 9.79. The zero-order chi connectivity index (χ0) is 26.6. The smallest absolute Gasteiger partial charge is 0.416 e. The quantitative estimate of drug-likeness (QED) is 0.423. The van der Waals surface area contributed by atoms with Crippen LogP contribution in [0.5, 0.6) is 0 Å². The summed E-state index contributed by atoms with van der Waals surface area (Å²) in [6.45, 7) is 4.05. The lowest BCUT2D eigenvalue weighted by molar-refractivity contribution is -0.139. The normalized spacial score (nSPS) is 20.3. The number of halogens is 3. The Hall–Kier alpha value is -2.75. The number of carboxylic acids is 1. The van der Waals surface area contributed by atoms with Crippen LogP contribution in [-0.2, 0) is 11.0 Å². The van der Waals surface area contributed by atoms with E-state index in [0.29, 0.717) is 30.1 Å². The van der Waals surface area contributed by atoms with E-state index in [0.717, 1.165) is 43.4 Å². The average molecular weight is 536 g/mol. The average Bonchev–Trinajstić information content (AvgIpc) is 3.36. The van der Waals surface area contributed by atoms with E-state index in [1.807, 2.05) is 6.92 Å². The number of aliphatic carboxylic acids is 1. The molecular formula is C27H32F3N3O3S. The van der Waals surface area contributed by atoms with E-state index in [1.54, 1.807) is 23.1 Å². The van der Waals surface area contributed by atoms with E-state index in [2.05, 4.69) is 4.90 Å². The summed E-state index contributed by atoms with van der Waals surface area (Å²) in [6, 6.07) is 9.18. The van der Waals surface area contributed by atoms with Gasteiger partial charge in [-0.05, 0) is 61.1 Å². The van der Waals surface area contributed by atoms with Gasteiger partial charge >= 0.3 is 12.1 Å². The van der Waals surface area contributed by atoms with Gasteiger partial charge in [0.15, 0.2) is 0 Å². The van der Waals surface area contributed by atoms with Crippen molar-refractivity contribution in [1.29, 1.82) is 0 Å². The van der Waals surface area contributed by atoms with Crippen molar-refractivity contribution in [3.8, 4) is 0 Å². The fraction of sp³-hybridized carbons (Fsp3) is 0.519. The van der Waals surface area contributed by atoms with Crippen LogP contribution in [0.3, 0.4) is 0 Å². The number of alkyl halides is 3. The fourth-order valence-electron chi connectivity index (χ4n) is 5.25. The first-order chi connectivity index (χ1) is 17.7. The van der Waals surface area contributed by atoms with Crippen molar-refractivity contribution >= 4 is 29.5 Å². The Kier molecular flexibility index (Phi) is 8.67. The van der Waals surface area contributed by atoms with Crippen LogP contribution in [0.15, 0.2) is 41.4 Å². The number of carbonyl (C=O) groups is 2. The predicted octanol–water partition coefficient (Wildman–Crippen LogP) is 5.92. The van der Waals surface area contributed by atoms with Gasteiger partial charge in [-0.3, -0.25) is 9.59 Å². The second-order valence-corrected chi connectivity index (χ2v) is 10.8. The van der Waals surface area contributed by atoms with Crippen molar-refractivity contribution in [3.05, 3.63) is 53.1 Å². The third kappa shape index (κ3) is 6.58. The Labute approximate surface area is 219 Å². The first-order valence-corrected chi connectivity index (χ1v) is 13.7. The van der Waals surface area contributed by atoms with Gasteiger partial charge < -0.3 is 14.9 Å². The number of likely N-dealkylation sites (tertiary alicyclic amines) is 1. The maximum Gasteiger partial charge on any atom is 0.416 e. The molecule has 2 aliphatic heterocycles. The molecule has 4 rings (SSSR count). The first kappa shape index (κ1) is 27.3. The Morgan fingerprint density at radius 2 is 1.89 bits per heavy atom. The van der Waals surface area contributed by atoms with E-state index in [9.17, 15) is 27.9 Å². The van der Waals surface area contributed by atoms with Crippen LogP contribution in [0, 0.1) is 5.92 Å². The molecule has 0 bridgehead atoms. The molecule has 1 unspecified atom stereocenters. The van der Waals surface area contributed by atoms with Gasteiger partial charge in [0.05, 0.1) is 11.1 Å². The second kappa shape index (κ2) is 11.8. The van der Waals surface area contributed by atoms with Crippen LogP contribution < -0.4 is 4.90 Å². The maximum atomic E-state index is 13.5. The van der Waals surface area contributed by atoms with Crippen LogP contribution in [0.25, 0.3) is 0 Å². The second-order valence-electron chi connectivity index (χ2n) is 9.74. The molecule has 37 heavy (non-hydrogen) atoms. The molecule has 1 aromatic carbocycles. The van der Waals surface area contributed by atoms with Gasteiger partial charge in [-0.1, -0.05) is 25.1 Å². The number of carbonyl (C=O) groups excluding carboxylic acids is 1. The number of pyridine rings is 1. The molecule has 0 radical (unpaired) electrons. The molecular weight excluding hydrogens is 503 g/mol. The number of piperidine rings is 1. The number of carboxylic acid groups (broad SMARTS) is 1. The lowest BCUT2D eigenvalue weighted by Crippen LogP contribution is -2.37. The van der Waals surface area contributed by atoms with Crippen molar-refractivity contribution in [2.45, 2.75) is 56.1 Å². The SMILES string of the molecule is CCCSc1nc(N2CCCC(CC(=O)O)C2)ccc1C(=O)N1CC[C@@H](c2ccccc2C(F)(F)F)C1. The Bertz CT molecular complexity index is 1130. The van der Waals surface area contributed by atoms with E-state index >= 15 is 0 Å². The lowest BCUT2D eigenvalue weighted by atomic mass is 9.93. The van der Waals surface area contributed by atoms with Crippen molar-refractivity contribution < 1.29 is 27.9 Å². The third-order valence-corrected chi connectivity index (χ3v) is 8.20. The zero-order valence-corrected chi connectivity index (χ0v) is 21.7. The molecule has 0 spiro atoms. The maximum absolute atomic E-state index is 13.5. The molecule has 2 aliphatic rings. The predicted molar refractivity (Wildman–Crippen MR) is 137 cm³/mol. The summed E-state index contributed by atoms with van der Waals surface area (Å²) in [7, 11) is 0. The number of benzene rings is 1. The van der Waals surface area contributed by atoms with Gasteiger partial charge in [-0.25, -0.2) is 4.98 Å². The zero-order valence-electron chi connectivity index (χ0n) is 20.8. The molecule has 0 aliphatic carbocycles. The highest BCUT2D eigenvalue weighted by molar-refractivity contribution is 7.99. The molecule has 2 saturated heterocycles. The Morgan fingerprint density at radius 1 is 1.11 bits per heavy atom. The monoisotopic (exact) mass is 535 g/mol. The van der Waals surface area contributed by atoms with Gasteiger partial charge in [0.25, 0.3) is 5.91 Å². The van der Waals surface area contributed by atoms with Crippen molar-refractivity contribution in [3.63, 3.8) is 0 Å². The molecule has 10 heteroatoms. The highest BCUT2D eigenvalue weighted by Gasteiger charge is 2.38. The molecule has 1 aromatic heterocycles. The number of amides is 1. The van der Waals surface area contributed by atoms with Crippen molar-refractivity contribution in [2.75, 3.05) is 36.8 Å². The van der Waals surface area contributed by atoms with E-state index < -0.39 is 17.7 Å². The molecule has 2 aromatic rings. The summed E-state index contributed by atoms with van der Waals surface area (Å²) in [5.41, 5.74) is 0.0636. The van der Waals surface area contributed by atoms with Gasteiger partial charge in [0.2, 0.25) is 0 Å². The summed E-state index contributed by atoms with van der Waals surface area (Å²) < 4.78 is 40.6. The summed E-state index contributed by atoms with van der Waals surface area (Å²) in [4.78, 5) is 33.2.